The Kier molecular flexibility index (Phi) is 5.64. The Balaban J connectivity index is 3.06. The zero-order valence-electron chi connectivity index (χ0n) is 11.3. The number of carboxylic acid groups (broad SMARTS) is 1. The van der Waals surface area contributed by atoms with Gasteiger partial charge in [-0.2, -0.15) is 0 Å². The molecule has 0 saturated heterocycles. The Morgan fingerprint density at radius 1 is 1.40 bits per heavy atom. The lowest BCUT2D eigenvalue weighted by Crippen LogP contribution is -2.38. The predicted molar refractivity (Wildman–Crippen MR) is 69.4 cm³/mol. The average Bonchev–Trinajstić information content (AvgIpc) is 2.45. The van der Waals surface area contributed by atoms with Gasteiger partial charge >= 0.3 is 11.9 Å². The van der Waals surface area contributed by atoms with Crippen LogP contribution in [0.2, 0.25) is 0 Å². The zero-order chi connectivity index (χ0) is 15.1. The van der Waals surface area contributed by atoms with Crippen LogP contribution in [0.15, 0.2) is 18.3 Å². The molecular weight excluding hydrogens is 264 g/mol. The summed E-state index contributed by atoms with van der Waals surface area (Å²) in [6, 6.07) is 2.73. The van der Waals surface area contributed by atoms with Crippen LogP contribution in [0.4, 0.5) is 0 Å². The topological polar surface area (TPSA) is 96.8 Å². The SMILES string of the molecule is CCCN(CC(=O)OC)C(=O)c1ncccc1C(=O)O. The molecule has 108 valence electrons. The Morgan fingerprint density at radius 3 is 2.65 bits per heavy atom. The van der Waals surface area contributed by atoms with E-state index in [0.717, 1.165) is 0 Å². The van der Waals surface area contributed by atoms with Gasteiger partial charge in [0, 0.05) is 12.7 Å². The van der Waals surface area contributed by atoms with E-state index >= 15 is 0 Å². The summed E-state index contributed by atoms with van der Waals surface area (Å²) in [7, 11) is 1.22. The molecule has 1 N–H and O–H groups in total. The summed E-state index contributed by atoms with van der Waals surface area (Å²) < 4.78 is 4.52. The number of methoxy groups -OCH3 is 1. The minimum atomic E-state index is -1.24. The Bertz CT molecular complexity index is 515. The number of amides is 1. The molecule has 0 bridgehead atoms. The Labute approximate surface area is 116 Å². The maximum Gasteiger partial charge on any atom is 0.338 e. The van der Waals surface area contributed by atoms with Crippen LogP contribution in [0.3, 0.4) is 0 Å². The lowest BCUT2D eigenvalue weighted by molar-refractivity contribution is -0.141. The third-order valence-corrected chi connectivity index (χ3v) is 2.57. The van der Waals surface area contributed by atoms with Crippen LogP contribution >= 0.6 is 0 Å². The van der Waals surface area contributed by atoms with Gasteiger partial charge in [0.1, 0.15) is 12.2 Å². The third-order valence-electron chi connectivity index (χ3n) is 2.57. The van der Waals surface area contributed by atoms with Crippen LogP contribution in [0.5, 0.6) is 0 Å². The van der Waals surface area contributed by atoms with Crippen LogP contribution in [0.25, 0.3) is 0 Å². The number of ether oxygens (including phenoxy) is 1. The second-order valence-corrected chi connectivity index (χ2v) is 4.01. The highest BCUT2D eigenvalue weighted by Gasteiger charge is 2.24. The van der Waals surface area contributed by atoms with Crippen molar-refractivity contribution in [2.45, 2.75) is 13.3 Å². The number of carbonyl (C=O) groups excluding carboxylic acids is 2. The second-order valence-electron chi connectivity index (χ2n) is 4.01. The van der Waals surface area contributed by atoms with Crippen molar-refractivity contribution in [1.29, 1.82) is 0 Å². The molecular formula is C13H16N2O5. The highest BCUT2D eigenvalue weighted by molar-refractivity contribution is 6.03. The first-order valence-corrected chi connectivity index (χ1v) is 6.05. The summed E-state index contributed by atoms with van der Waals surface area (Å²) in [5.41, 5.74) is -0.374. The van der Waals surface area contributed by atoms with Gasteiger partial charge < -0.3 is 14.7 Å². The van der Waals surface area contributed by atoms with E-state index in [-0.39, 0.29) is 17.8 Å². The monoisotopic (exact) mass is 280 g/mol. The first kappa shape index (κ1) is 15.6. The standard InChI is InChI=1S/C13H16N2O5/c1-3-7-15(8-10(16)20-2)12(17)11-9(13(18)19)5-4-6-14-11/h4-6H,3,7-8H2,1-2H3,(H,18,19). The van der Waals surface area contributed by atoms with Crippen molar-refractivity contribution in [3.05, 3.63) is 29.6 Å². The predicted octanol–water partition coefficient (Wildman–Crippen LogP) is 0.805. The van der Waals surface area contributed by atoms with Gasteiger partial charge in [-0.25, -0.2) is 4.79 Å². The smallest absolute Gasteiger partial charge is 0.338 e. The van der Waals surface area contributed by atoms with Gasteiger partial charge in [0.25, 0.3) is 5.91 Å². The van der Waals surface area contributed by atoms with Gasteiger partial charge in [-0.1, -0.05) is 6.92 Å². The molecule has 0 atom stereocenters. The lowest BCUT2D eigenvalue weighted by atomic mass is 10.1. The minimum absolute atomic E-state index is 0.183. The summed E-state index contributed by atoms with van der Waals surface area (Å²) in [6.45, 7) is 1.91. The number of pyridine rings is 1. The lowest BCUT2D eigenvalue weighted by Gasteiger charge is -2.20. The number of esters is 1. The highest BCUT2D eigenvalue weighted by atomic mass is 16.5. The molecule has 0 radical (unpaired) electrons. The van der Waals surface area contributed by atoms with Crippen molar-refractivity contribution < 1.29 is 24.2 Å². The molecule has 0 aliphatic carbocycles. The van der Waals surface area contributed by atoms with E-state index < -0.39 is 17.8 Å². The maximum absolute atomic E-state index is 12.3. The van der Waals surface area contributed by atoms with E-state index in [4.69, 9.17) is 5.11 Å². The molecule has 1 aromatic heterocycles. The second kappa shape index (κ2) is 7.22. The van der Waals surface area contributed by atoms with E-state index in [0.29, 0.717) is 13.0 Å². The van der Waals surface area contributed by atoms with E-state index in [9.17, 15) is 14.4 Å². The molecule has 0 saturated carbocycles. The molecule has 0 unspecified atom stereocenters. The molecule has 1 aromatic rings. The summed E-state index contributed by atoms with van der Waals surface area (Å²) in [6.07, 6.45) is 1.96. The van der Waals surface area contributed by atoms with E-state index in [1.54, 1.807) is 0 Å². The third kappa shape index (κ3) is 3.78. The molecule has 1 rings (SSSR count). The van der Waals surface area contributed by atoms with Crippen molar-refractivity contribution >= 4 is 17.8 Å². The number of nitrogens with zero attached hydrogens (tertiary/aromatic N) is 2. The normalized spacial score (nSPS) is 9.90. The van der Waals surface area contributed by atoms with Crippen LogP contribution in [-0.4, -0.2) is 53.0 Å². The number of rotatable bonds is 6. The molecule has 0 aliphatic rings. The van der Waals surface area contributed by atoms with Crippen molar-refractivity contribution in [2.75, 3.05) is 20.2 Å². The Morgan fingerprint density at radius 2 is 2.10 bits per heavy atom. The minimum Gasteiger partial charge on any atom is -0.478 e. The quantitative estimate of drug-likeness (QED) is 0.774. The largest absolute Gasteiger partial charge is 0.478 e. The fraction of sp³-hybridized carbons (Fsp3) is 0.385. The zero-order valence-corrected chi connectivity index (χ0v) is 11.3. The van der Waals surface area contributed by atoms with Gasteiger partial charge in [-0.05, 0) is 18.6 Å². The van der Waals surface area contributed by atoms with Crippen LogP contribution < -0.4 is 0 Å². The van der Waals surface area contributed by atoms with E-state index in [1.165, 1.54) is 30.3 Å². The van der Waals surface area contributed by atoms with Crippen LogP contribution in [0, 0.1) is 0 Å². The molecule has 7 nitrogen and oxygen atoms in total. The number of aromatic carboxylic acids is 1. The van der Waals surface area contributed by atoms with Crippen molar-refractivity contribution in [3.63, 3.8) is 0 Å². The van der Waals surface area contributed by atoms with Crippen LogP contribution in [0.1, 0.15) is 34.2 Å². The fourth-order valence-corrected chi connectivity index (χ4v) is 1.64. The molecule has 0 spiro atoms. The first-order valence-electron chi connectivity index (χ1n) is 6.05. The molecule has 20 heavy (non-hydrogen) atoms. The summed E-state index contributed by atoms with van der Waals surface area (Å²) in [4.78, 5) is 39.7. The Hall–Kier alpha value is -2.44. The van der Waals surface area contributed by atoms with E-state index in [2.05, 4.69) is 9.72 Å². The number of aromatic nitrogens is 1. The molecule has 0 fully saturated rings. The summed E-state index contributed by atoms with van der Waals surface area (Å²) in [5.74, 6) is -2.41. The summed E-state index contributed by atoms with van der Waals surface area (Å²) in [5, 5.41) is 9.05. The number of hydrogen-bond acceptors (Lipinski definition) is 5. The van der Waals surface area contributed by atoms with E-state index in [1.807, 2.05) is 6.92 Å². The maximum atomic E-state index is 12.3. The number of carboxylic acids is 1. The highest BCUT2D eigenvalue weighted by Crippen LogP contribution is 2.10. The first-order chi connectivity index (χ1) is 9.51. The summed E-state index contributed by atoms with van der Waals surface area (Å²) >= 11 is 0. The van der Waals surface area contributed by atoms with Crippen molar-refractivity contribution in [2.24, 2.45) is 0 Å². The van der Waals surface area contributed by atoms with Gasteiger partial charge in [0.15, 0.2) is 0 Å². The fourth-order valence-electron chi connectivity index (χ4n) is 1.64. The molecule has 7 heteroatoms. The van der Waals surface area contributed by atoms with Gasteiger partial charge in [-0.3, -0.25) is 14.6 Å². The van der Waals surface area contributed by atoms with Gasteiger partial charge in [0.05, 0.1) is 12.7 Å². The van der Waals surface area contributed by atoms with Crippen LogP contribution in [-0.2, 0) is 9.53 Å². The molecule has 1 heterocycles. The number of hydrogen-bond donors (Lipinski definition) is 1. The van der Waals surface area contributed by atoms with Gasteiger partial charge in [-0.15, -0.1) is 0 Å². The average molecular weight is 280 g/mol. The molecule has 0 aliphatic heterocycles. The molecule has 1 amide bonds. The van der Waals surface area contributed by atoms with Gasteiger partial charge in [0.2, 0.25) is 0 Å². The van der Waals surface area contributed by atoms with Crippen molar-refractivity contribution in [3.8, 4) is 0 Å². The van der Waals surface area contributed by atoms with Crippen molar-refractivity contribution in [1.82, 2.24) is 9.88 Å². The number of carbonyl (C=O) groups is 3. The molecule has 0 aromatic carbocycles.